The molecule has 2 heterocycles. The smallest absolute Gasteiger partial charge is 0.310 e. The lowest BCUT2D eigenvalue weighted by Crippen LogP contribution is -2.11. The molecule has 0 amide bonds. The number of hydrogen-bond acceptors (Lipinski definition) is 6. The summed E-state index contributed by atoms with van der Waals surface area (Å²) >= 11 is 0. The first-order valence-electron chi connectivity index (χ1n) is 6.79. The summed E-state index contributed by atoms with van der Waals surface area (Å²) in [4.78, 5) is 12.0. The molecular weight excluding hydrogens is 260 g/mol. The fourth-order valence-corrected chi connectivity index (χ4v) is 2.42. The summed E-state index contributed by atoms with van der Waals surface area (Å²) in [5, 5.41) is 11.5. The summed E-state index contributed by atoms with van der Waals surface area (Å²) in [5.41, 5.74) is 0. The van der Waals surface area contributed by atoms with Crippen LogP contribution in [0.4, 0.5) is 0 Å². The molecule has 2 fully saturated rings. The predicted molar refractivity (Wildman–Crippen MR) is 65.4 cm³/mol. The van der Waals surface area contributed by atoms with Crippen LogP contribution in [0.15, 0.2) is 22.8 Å². The van der Waals surface area contributed by atoms with Crippen molar-refractivity contribution >= 4 is 5.97 Å². The molecule has 0 N–H and O–H groups in total. The lowest BCUT2D eigenvalue weighted by Gasteiger charge is -2.04. The number of hydrogen-bond donors (Lipinski definition) is 0. The van der Waals surface area contributed by atoms with E-state index in [2.05, 4.69) is 15.5 Å². The van der Waals surface area contributed by atoms with Crippen LogP contribution in [-0.4, -0.2) is 26.2 Å². The summed E-state index contributed by atoms with van der Waals surface area (Å²) in [7, 11) is 0. The number of carbonyl (C=O) groups excluding carboxylic acids is 1. The van der Waals surface area contributed by atoms with Gasteiger partial charge in [-0.05, 0) is 41.8 Å². The molecule has 7 nitrogen and oxygen atoms in total. The van der Waals surface area contributed by atoms with Crippen molar-refractivity contribution in [2.75, 3.05) is 0 Å². The average Bonchev–Trinajstić information content (AvgIpc) is 3.36. The van der Waals surface area contributed by atoms with Crippen LogP contribution in [-0.2, 0) is 16.1 Å². The molecule has 0 aliphatic heterocycles. The van der Waals surface area contributed by atoms with Crippen LogP contribution >= 0.6 is 0 Å². The fourth-order valence-electron chi connectivity index (χ4n) is 2.42. The van der Waals surface area contributed by atoms with Crippen molar-refractivity contribution in [3.63, 3.8) is 0 Å². The largest absolute Gasteiger partial charge is 0.469 e. The minimum Gasteiger partial charge on any atom is -0.469 e. The summed E-state index contributed by atoms with van der Waals surface area (Å²) in [6.45, 7) is 0.143. The van der Waals surface area contributed by atoms with Crippen LogP contribution in [0.25, 0.3) is 0 Å². The van der Waals surface area contributed by atoms with Gasteiger partial charge in [0.25, 0.3) is 0 Å². The first-order valence-corrected chi connectivity index (χ1v) is 6.79. The van der Waals surface area contributed by atoms with Crippen LogP contribution in [0.1, 0.15) is 42.8 Å². The van der Waals surface area contributed by atoms with Crippen LogP contribution in [0, 0.1) is 5.92 Å². The Bertz CT molecular complexity index is 617. The minimum atomic E-state index is -0.197. The van der Waals surface area contributed by atoms with Crippen molar-refractivity contribution in [2.45, 2.75) is 37.8 Å². The number of furan rings is 1. The Morgan fingerprint density at radius 2 is 2.40 bits per heavy atom. The highest BCUT2D eigenvalue weighted by molar-refractivity contribution is 5.77. The molecule has 2 aliphatic carbocycles. The van der Waals surface area contributed by atoms with Crippen molar-refractivity contribution < 1.29 is 13.9 Å². The molecule has 0 spiro atoms. The Balaban J connectivity index is 1.34. The van der Waals surface area contributed by atoms with E-state index in [4.69, 9.17) is 9.15 Å². The zero-order valence-electron chi connectivity index (χ0n) is 10.8. The number of ether oxygens (including phenoxy) is 1. The molecule has 2 aromatic rings. The Morgan fingerprint density at radius 1 is 1.50 bits per heavy atom. The molecule has 0 unspecified atom stereocenters. The third-order valence-electron chi connectivity index (χ3n) is 3.80. The van der Waals surface area contributed by atoms with Gasteiger partial charge in [0.1, 0.15) is 5.76 Å². The standard InChI is InChI=1S/C13H14N4O3/c18-13(10-6-9(10)11-2-1-5-19-11)20-7-12-14-15-16-17(12)8-3-4-8/h1-2,5,8-10H,3-4,6-7H2/t9-,10+/m1/s1. The normalized spacial score (nSPS) is 24.6. The number of carbonyl (C=O) groups is 1. The second-order valence-electron chi connectivity index (χ2n) is 5.34. The zero-order chi connectivity index (χ0) is 13.5. The van der Waals surface area contributed by atoms with Gasteiger partial charge in [-0.1, -0.05) is 0 Å². The van der Waals surface area contributed by atoms with Gasteiger partial charge in [-0.25, -0.2) is 4.68 Å². The van der Waals surface area contributed by atoms with E-state index in [0.717, 1.165) is 25.0 Å². The van der Waals surface area contributed by atoms with E-state index in [1.165, 1.54) is 0 Å². The molecule has 4 rings (SSSR count). The van der Waals surface area contributed by atoms with E-state index in [1.54, 1.807) is 10.9 Å². The van der Waals surface area contributed by atoms with Gasteiger partial charge in [0, 0.05) is 5.92 Å². The first kappa shape index (κ1) is 11.6. The van der Waals surface area contributed by atoms with Gasteiger partial charge < -0.3 is 9.15 Å². The highest BCUT2D eigenvalue weighted by atomic mass is 16.5. The highest BCUT2D eigenvalue weighted by Crippen LogP contribution is 2.48. The van der Waals surface area contributed by atoms with Crippen molar-refractivity contribution in [2.24, 2.45) is 5.92 Å². The van der Waals surface area contributed by atoms with Crippen LogP contribution in [0.3, 0.4) is 0 Å². The molecule has 0 bridgehead atoms. The van der Waals surface area contributed by atoms with E-state index >= 15 is 0 Å². The monoisotopic (exact) mass is 274 g/mol. The Morgan fingerprint density at radius 3 is 3.15 bits per heavy atom. The maximum absolute atomic E-state index is 12.0. The maximum Gasteiger partial charge on any atom is 0.310 e. The quantitative estimate of drug-likeness (QED) is 0.767. The summed E-state index contributed by atoms with van der Waals surface area (Å²) in [5.74, 6) is 1.35. The van der Waals surface area contributed by atoms with E-state index in [0.29, 0.717) is 11.9 Å². The molecular formula is C13H14N4O3. The van der Waals surface area contributed by atoms with Gasteiger partial charge in [0.15, 0.2) is 12.4 Å². The molecule has 2 atom stereocenters. The topological polar surface area (TPSA) is 83.0 Å². The number of rotatable bonds is 5. The van der Waals surface area contributed by atoms with E-state index < -0.39 is 0 Å². The SMILES string of the molecule is O=C(OCc1nnnn1C1CC1)[C@H]1C[C@H]1c1ccco1. The third-order valence-corrected chi connectivity index (χ3v) is 3.80. The first-order chi connectivity index (χ1) is 9.83. The van der Waals surface area contributed by atoms with Crippen molar-refractivity contribution in [1.82, 2.24) is 20.2 Å². The number of tetrazole rings is 1. The van der Waals surface area contributed by atoms with Crippen molar-refractivity contribution in [3.05, 3.63) is 30.0 Å². The van der Waals surface area contributed by atoms with E-state index in [-0.39, 0.29) is 24.4 Å². The van der Waals surface area contributed by atoms with Gasteiger partial charge in [-0.2, -0.15) is 0 Å². The lowest BCUT2D eigenvalue weighted by molar-refractivity contribution is -0.147. The molecule has 104 valence electrons. The third kappa shape index (κ3) is 2.09. The summed E-state index contributed by atoms with van der Waals surface area (Å²) < 4.78 is 12.4. The fraction of sp³-hybridized carbons (Fsp3) is 0.538. The Kier molecular flexibility index (Phi) is 2.58. The van der Waals surface area contributed by atoms with E-state index in [9.17, 15) is 4.79 Å². The summed E-state index contributed by atoms with van der Waals surface area (Å²) in [6, 6.07) is 4.11. The molecule has 20 heavy (non-hydrogen) atoms. The van der Waals surface area contributed by atoms with Crippen LogP contribution < -0.4 is 0 Å². The predicted octanol–water partition coefficient (Wildman–Crippen LogP) is 1.45. The number of nitrogens with zero attached hydrogens (tertiary/aromatic N) is 4. The molecule has 7 heteroatoms. The maximum atomic E-state index is 12.0. The van der Waals surface area contributed by atoms with Crippen LogP contribution in [0.5, 0.6) is 0 Å². The average molecular weight is 274 g/mol. The van der Waals surface area contributed by atoms with Crippen molar-refractivity contribution in [3.8, 4) is 0 Å². The van der Waals surface area contributed by atoms with E-state index in [1.807, 2.05) is 12.1 Å². The van der Waals surface area contributed by atoms with Gasteiger partial charge in [-0.15, -0.1) is 5.10 Å². The van der Waals surface area contributed by atoms with Gasteiger partial charge in [-0.3, -0.25) is 4.79 Å². The molecule has 0 saturated heterocycles. The van der Waals surface area contributed by atoms with Gasteiger partial charge in [0.2, 0.25) is 0 Å². The molecule has 2 saturated carbocycles. The number of esters is 1. The zero-order valence-corrected chi connectivity index (χ0v) is 10.8. The molecule has 0 aromatic carbocycles. The summed E-state index contributed by atoms with van der Waals surface area (Å²) in [6.07, 6.45) is 4.60. The number of aromatic nitrogens is 4. The highest BCUT2D eigenvalue weighted by Gasteiger charge is 2.47. The Labute approximate surface area is 114 Å². The van der Waals surface area contributed by atoms with Gasteiger partial charge in [0.05, 0.1) is 18.2 Å². The van der Waals surface area contributed by atoms with Crippen LogP contribution in [0.2, 0.25) is 0 Å². The molecule has 2 aliphatic rings. The second kappa shape index (κ2) is 4.43. The van der Waals surface area contributed by atoms with Crippen molar-refractivity contribution in [1.29, 1.82) is 0 Å². The molecule has 0 radical (unpaired) electrons. The second-order valence-corrected chi connectivity index (χ2v) is 5.34. The molecule has 2 aromatic heterocycles. The lowest BCUT2D eigenvalue weighted by atomic mass is 10.2. The Hall–Kier alpha value is -2.18. The minimum absolute atomic E-state index is 0.0913. The van der Waals surface area contributed by atoms with Gasteiger partial charge >= 0.3 is 5.97 Å².